The molecular weight excluding hydrogens is 254 g/mol. The number of carboxylic acids is 1. The van der Waals surface area contributed by atoms with Gasteiger partial charge in [0.2, 0.25) is 5.91 Å². The number of thiophene rings is 1. The van der Waals surface area contributed by atoms with Crippen molar-refractivity contribution in [1.82, 2.24) is 4.90 Å². The van der Waals surface area contributed by atoms with E-state index in [2.05, 4.69) is 0 Å². The molecule has 1 aliphatic rings. The number of nitrogens with zero attached hydrogens (tertiary/aromatic N) is 1. The second kappa shape index (κ2) is 5.49. The number of ether oxygens (including phenoxy) is 1. The third kappa shape index (κ3) is 2.39. The first kappa shape index (κ1) is 13.0. The van der Waals surface area contributed by atoms with Gasteiger partial charge < -0.3 is 14.7 Å². The maximum absolute atomic E-state index is 11.9. The molecule has 1 unspecified atom stereocenters. The summed E-state index contributed by atoms with van der Waals surface area (Å²) in [6.07, 6.45) is 0.717. The fourth-order valence-electron chi connectivity index (χ4n) is 2.12. The molecule has 98 valence electrons. The normalized spacial score (nSPS) is 18.5. The number of aliphatic carboxylic acids is 1. The van der Waals surface area contributed by atoms with Crippen molar-refractivity contribution in [3.8, 4) is 0 Å². The van der Waals surface area contributed by atoms with E-state index < -0.39 is 12.0 Å². The van der Waals surface area contributed by atoms with Crippen LogP contribution in [0.2, 0.25) is 0 Å². The van der Waals surface area contributed by atoms with Crippen LogP contribution in [0, 0.1) is 0 Å². The summed E-state index contributed by atoms with van der Waals surface area (Å²) in [4.78, 5) is 25.8. The summed E-state index contributed by atoms with van der Waals surface area (Å²) < 4.78 is 5.06. The van der Waals surface area contributed by atoms with Gasteiger partial charge in [-0.3, -0.25) is 4.79 Å². The second-order valence-electron chi connectivity index (χ2n) is 4.01. The second-order valence-corrected chi connectivity index (χ2v) is 5.01. The fraction of sp³-hybridized carbons (Fsp3) is 0.500. The van der Waals surface area contributed by atoms with Crippen molar-refractivity contribution in [1.29, 1.82) is 0 Å². The molecule has 2 heterocycles. The Morgan fingerprint density at radius 2 is 2.39 bits per heavy atom. The lowest BCUT2D eigenvalue weighted by molar-refractivity contribution is -0.153. The largest absolute Gasteiger partial charge is 0.479 e. The predicted octanol–water partition coefficient (Wildman–Crippen LogP) is 1.29. The molecule has 0 spiro atoms. The first-order valence-corrected chi connectivity index (χ1v) is 6.69. The van der Waals surface area contributed by atoms with Gasteiger partial charge in [0.1, 0.15) is 6.61 Å². The van der Waals surface area contributed by atoms with Gasteiger partial charge in [-0.2, -0.15) is 0 Å². The number of amides is 1. The lowest BCUT2D eigenvalue weighted by atomic mass is 10.00. The Morgan fingerprint density at radius 3 is 3.06 bits per heavy atom. The van der Waals surface area contributed by atoms with E-state index >= 15 is 0 Å². The Hall–Kier alpha value is -1.40. The molecule has 1 aromatic rings. The van der Waals surface area contributed by atoms with Gasteiger partial charge in [-0.25, -0.2) is 4.79 Å². The number of carbonyl (C=O) groups excluding carboxylic acids is 1. The summed E-state index contributed by atoms with van der Waals surface area (Å²) >= 11 is 1.55. The van der Waals surface area contributed by atoms with Crippen molar-refractivity contribution in [2.45, 2.75) is 19.4 Å². The van der Waals surface area contributed by atoms with Crippen LogP contribution in [0.15, 0.2) is 11.4 Å². The number of rotatable bonds is 4. The standard InChI is InChI=1S/C12H15NO4S/c1-2-17-7-10(14)13-5-3-9-8(4-6-18-9)11(13)12(15)16/h4,6,11H,2-3,5,7H2,1H3,(H,15,16). The fourth-order valence-corrected chi connectivity index (χ4v) is 3.03. The molecule has 5 nitrogen and oxygen atoms in total. The third-order valence-electron chi connectivity index (χ3n) is 2.95. The number of hydrogen-bond acceptors (Lipinski definition) is 4. The van der Waals surface area contributed by atoms with Crippen LogP contribution in [0.1, 0.15) is 23.4 Å². The van der Waals surface area contributed by atoms with Gasteiger partial charge in [0, 0.05) is 18.0 Å². The Morgan fingerprint density at radius 1 is 1.61 bits per heavy atom. The highest BCUT2D eigenvalue weighted by molar-refractivity contribution is 7.10. The van der Waals surface area contributed by atoms with E-state index in [0.717, 1.165) is 10.4 Å². The van der Waals surface area contributed by atoms with Crippen LogP contribution >= 0.6 is 11.3 Å². The average Bonchev–Trinajstić information content (AvgIpc) is 2.82. The van der Waals surface area contributed by atoms with Crippen LogP contribution < -0.4 is 0 Å². The van der Waals surface area contributed by atoms with Gasteiger partial charge in [0.15, 0.2) is 6.04 Å². The van der Waals surface area contributed by atoms with Crippen LogP contribution in [-0.2, 0) is 20.7 Å². The summed E-state index contributed by atoms with van der Waals surface area (Å²) in [6.45, 7) is 2.63. The molecule has 1 aromatic heterocycles. The third-order valence-corrected chi connectivity index (χ3v) is 3.95. The molecule has 0 radical (unpaired) electrons. The van der Waals surface area contributed by atoms with Crippen LogP contribution in [-0.4, -0.2) is 41.6 Å². The van der Waals surface area contributed by atoms with Gasteiger partial charge in [-0.1, -0.05) is 0 Å². The first-order chi connectivity index (χ1) is 8.65. The minimum absolute atomic E-state index is 0.0558. The number of carbonyl (C=O) groups is 2. The molecule has 0 fully saturated rings. The molecular formula is C12H15NO4S. The Kier molecular flexibility index (Phi) is 3.98. The summed E-state index contributed by atoms with van der Waals surface area (Å²) in [5.41, 5.74) is 0.739. The molecule has 0 saturated carbocycles. The average molecular weight is 269 g/mol. The molecule has 18 heavy (non-hydrogen) atoms. The Labute approximate surface area is 109 Å². The van der Waals surface area contributed by atoms with Gasteiger partial charge in [-0.05, 0) is 30.4 Å². The van der Waals surface area contributed by atoms with E-state index in [-0.39, 0.29) is 12.5 Å². The number of fused-ring (bicyclic) bond motifs is 1. The van der Waals surface area contributed by atoms with Crippen molar-refractivity contribution in [2.24, 2.45) is 0 Å². The maximum Gasteiger partial charge on any atom is 0.331 e. The van der Waals surface area contributed by atoms with Crippen LogP contribution in [0.5, 0.6) is 0 Å². The van der Waals surface area contributed by atoms with Gasteiger partial charge in [0.05, 0.1) is 0 Å². The zero-order chi connectivity index (χ0) is 13.1. The molecule has 0 saturated heterocycles. The Balaban J connectivity index is 2.21. The summed E-state index contributed by atoms with van der Waals surface area (Å²) in [6, 6.07) is 0.923. The zero-order valence-corrected chi connectivity index (χ0v) is 10.9. The summed E-state index contributed by atoms with van der Waals surface area (Å²) in [7, 11) is 0. The highest BCUT2D eigenvalue weighted by atomic mass is 32.1. The molecule has 2 rings (SSSR count). The lowest BCUT2D eigenvalue weighted by Gasteiger charge is -2.33. The molecule has 1 atom stereocenters. The van der Waals surface area contributed by atoms with Gasteiger partial charge >= 0.3 is 5.97 Å². The predicted molar refractivity (Wildman–Crippen MR) is 66.6 cm³/mol. The number of hydrogen-bond donors (Lipinski definition) is 1. The smallest absolute Gasteiger partial charge is 0.331 e. The molecule has 1 aliphatic heterocycles. The zero-order valence-electron chi connectivity index (χ0n) is 10.1. The summed E-state index contributed by atoms with van der Waals surface area (Å²) in [5, 5.41) is 11.2. The van der Waals surface area contributed by atoms with Crippen molar-refractivity contribution < 1.29 is 19.4 Å². The summed E-state index contributed by atoms with van der Waals surface area (Å²) in [5.74, 6) is -1.25. The lowest BCUT2D eigenvalue weighted by Crippen LogP contribution is -2.44. The van der Waals surface area contributed by atoms with Crippen LogP contribution in [0.4, 0.5) is 0 Å². The minimum atomic E-state index is -0.987. The highest BCUT2D eigenvalue weighted by Crippen LogP contribution is 2.33. The van der Waals surface area contributed by atoms with E-state index in [9.17, 15) is 14.7 Å². The van der Waals surface area contributed by atoms with Crippen molar-refractivity contribution in [3.05, 3.63) is 21.9 Å². The molecule has 0 aliphatic carbocycles. The quantitative estimate of drug-likeness (QED) is 0.894. The van der Waals surface area contributed by atoms with Crippen LogP contribution in [0.25, 0.3) is 0 Å². The van der Waals surface area contributed by atoms with E-state index in [1.54, 1.807) is 24.3 Å². The van der Waals surface area contributed by atoms with E-state index in [1.165, 1.54) is 4.90 Å². The number of carboxylic acid groups (broad SMARTS) is 1. The van der Waals surface area contributed by atoms with Gasteiger partial charge in [-0.15, -0.1) is 11.3 Å². The monoisotopic (exact) mass is 269 g/mol. The molecule has 1 N–H and O–H groups in total. The van der Waals surface area contributed by atoms with Crippen molar-refractivity contribution >= 4 is 23.2 Å². The molecule has 1 amide bonds. The van der Waals surface area contributed by atoms with E-state index in [0.29, 0.717) is 19.6 Å². The minimum Gasteiger partial charge on any atom is -0.479 e. The van der Waals surface area contributed by atoms with Crippen molar-refractivity contribution in [3.63, 3.8) is 0 Å². The van der Waals surface area contributed by atoms with E-state index in [4.69, 9.17) is 4.74 Å². The SMILES string of the molecule is CCOCC(=O)N1CCc2sccc2C1C(=O)O. The molecule has 6 heteroatoms. The first-order valence-electron chi connectivity index (χ1n) is 5.81. The topological polar surface area (TPSA) is 66.8 Å². The molecule has 0 aromatic carbocycles. The maximum atomic E-state index is 11.9. The van der Waals surface area contributed by atoms with E-state index in [1.807, 2.05) is 5.38 Å². The van der Waals surface area contributed by atoms with Crippen LogP contribution in [0.3, 0.4) is 0 Å². The molecule has 0 bridgehead atoms. The highest BCUT2D eigenvalue weighted by Gasteiger charge is 2.36. The van der Waals surface area contributed by atoms with Crippen molar-refractivity contribution in [2.75, 3.05) is 19.8 Å². The van der Waals surface area contributed by atoms with Gasteiger partial charge in [0.25, 0.3) is 0 Å². The Bertz CT molecular complexity index is 457.